The molecule has 1 aliphatic rings. The number of nitrogens with zero attached hydrogens (tertiary/aromatic N) is 1. The van der Waals surface area contributed by atoms with Crippen molar-refractivity contribution in [1.82, 2.24) is 10.2 Å². The van der Waals surface area contributed by atoms with Crippen LogP contribution in [0.25, 0.3) is 11.0 Å². The minimum Gasteiger partial charge on any atom is -0.464 e. The van der Waals surface area contributed by atoms with Crippen molar-refractivity contribution >= 4 is 11.0 Å². The summed E-state index contributed by atoms with van der Waals surface area (Å²) in [6, 6.07) is 6.21. The van der Waals surface area contributed by atoms with E-state index in [1.807, 2.05) is 12.3 Å². The largest absolute Gasteiger partial charge is 0.464 e. The highest BCUT2D eigenvalue weighted by Crippen LogP contribution is 2.25. The molecule has 18 heavy (non-hydrogen) atoms. The second-order valence-corrected chi connectivity index (χ2v) is 4.79. The second kappa shape index (κ2) is 5.10. The lowest BCUT2D eigenvalue weighted by molar-refractivity contribution is 0.233. The summed E-state index contributed by atoms with van der Waals surface area (Å²) in [4.78, 5) is 2.45. The van der Waals surface area contributed by atoms with Crippen LogP contribution in [-0.2, 0) is 13.1 Å². The molecule has 96 valence electrons. The Hall–Kier alpha value is -1.36. The van der Waals surface area contributed by atoms with Crippen LogP contribution < -0.4 is 11.1 Å². The first kappa shape index (κ1) is 11.7. The number of nitrogens with two attached hydrogens (primary N) is 1. The van der Waals surface area contributed by atoms with Crippen LogP contribution in [0, 0.1) is 0 Å². The average Bonchev–Trinajstić information content (AvgIpc) is 2.83. The van der Waals surface area contributed by atoms with Crippen LogP contribution in [0.3, 0.4) is 0 Å². The minimum absolute atomic E-state index is 0.526. The molecule has 1 aromatic carbocycles. The Labute approximate surface area is 107 Å². The molecular weight excluding hydrogens is 226 g/mol. The van der Waals surface area contributed by atoms with Crippen molar-refractivity contribution in [3.05, 3.63) is 35.6 Å². The topological polar surface area (TPSA) is 54.4 Å². The summed E-state index contributed by atoms with van der Waals surface area (Å²) in [5.74, 6) is 0. The number of hydrogen-bond donors (Lipinski definition) is 2. The molecule has 0 atom stereocenters. The third-order valence-corrected chi connectivity index (χ3v) is 3.59. The van der Waals surface area contributed by atoms with Gasteiger partial charge in [-0.3, -0.25) is 4.90 Å². The molecule has 0 bridgehead atoms. The maximum atomic E-state index is 5.73. The molecule has 2 heterocycles. The van der Waals surface area contributed by atoms with E-state index < -0.39 is 0 Å². The van der Waals surface area contributed by atoms with Crippen molar-refractivity contribution in [3.63, 3.8) is 0 Å². The Morgan fingerprint density at radius 2 is 2.06 bits per heavy atom. The molecule has 3 N–H and O–H groups in total. The van der Waals surface area contributed by atoms with Gasteiger partial charge in [-0.25, -0.2) is 0 Å². The van der Waals surface area contributed by atoms with Gasteiger partial charge >= 0.3 is 0 Å². The maximum absolute atomic E-state index is 5.73. The van der Waals surface area contributed by atoms with Gasteiger partial charge in [-0.1, -0.05) is 18.2 Å². The van der Waals surface area contributed by atoms with E-state index in [4.69, 9.17) is 10.2 Å². The molecule has 0 spiro atoms. The molecule has 1 aromatic heterocycles. The highest BCUT2D eigenvalue weighted by Gasteiger charge is 2.14. The first-order chi connectivity index (χ1) is 8.88. The standard InChI is InChI=1S/C14H19N3O/c15-8-11-2-1-3-13-12(10-18-14(11)13)9-17-6-4-16-5-7-17/h1-3,10,16H,4-9,15H2. The Bertz CT molecular complexity index is 529. The summed E-state index contributed by atoms with van der Waals surface area (Å²) >= 11 is 0. The van der Waals surface area contributed by atoms with Gasteiger partial charge in [0, 0.05) is 55.8 Å². The Balaban J connectivity index is 1.88. The molecule has 1 saturated heterocycles. The normalized spacial score (nSPS) is 17.4. The molecule has 0 aliphatic carbocycles. The van der Waals surface area contributed by atoms with Gasteiger partial charge in [0.15, 0.2) is 0 Å². The fraction of sp³-hybridized carbons (Fsp3) is 0.429. The smallest absolute Gasteiger partial charge is 0.138 e. The average molecular weight is 245 g/mol. The number of hydrogen-bond acceptors (Lipinski definition) is 4. The lowest BCUT2D eigenvalue weighted by Crippen LogP contribution is -2.42. The van der Waals surface area contributed by atoms with Crippen molar-refractivity contribution in [1.29, 1.82) is 0 Å². The molecular formula is C14H19N3O. The first-order valence-electron chi connectivity index (χ1n) is 6.49. The number of furan rings is 1. The van der Waals surface area contributed by atoms with E-state index in [0.717, 1.165) is 43.9 Å². The lowest BCUT2D eigenvalue weighted by atomic mass is 10.1. The maximum Gasteiger partial charge on any atom is 0.138 e. The van der Waals surface area contributed by atoms with Crippen molar-refractivity contribution in [2.24, 2.45) is 5.73 Å². The lowest BCUT2D eigenvalue weighted by Gasteiger charge is -2.26. The van der Waals surface area contributed by atoms with Crippen LogP contribution >= 0.6 is 0 Å². The molecule has 3 rings (SSSR count). The fourth-order valence-corrected chi connectivity index (χ4v) is 2.56. The van der Waals surface area contributed by atoms with Crippen molar-refractivity contribution < 1.29 is 4.42 Å². The highest BCUT2D eigenvalue weighted by atomic mass is 16.3. The molecule has 0 amide bonds. The molecule has 2 aromatic rings. The quantitative estimate of drug-likeness (QED) is 0.855. The van der Waals surface area contributed by atoms with Gasteiger partial charge < -0.3 is 15.5 Å². The van der Waals surface area contributed by atoms with E-state index in [0.29, 0.717) is 6.54 Å². The zero-order chi connectivity index (χ0) is 12.4. The van der Waals surface area contributed by atoms with Crippen LogP contribution in [0.1, 0.15) is 11.1 Å². The zero-order valence-corrected chi connectivity index (χ0v) is 10.5. The molecule has 1 fully saturated rings. The third-order valence-electron chi connectivity index (χ3n) is 3.59. The molecule has 4 nitrogen and oxygen atoms in total. The number of nitrogens with one attached hydrogen (secondary N) is 1. The number of piperazine rings is 1. The summed E-state index contributed by atoms with van der Waals surface area (Å²) in [5, 5.41) is 4.57. The van der Waals surface area contributed by atoms with Crippen LogP contribution in [-0.4, -0.2) is 31.1 Å². The number of rotatable bonds is 3. The van der Waals surface area contributed by atoms with E-state index in [-0.39, 0.29) is 0 Å². The highest BCUT2D eigenvalue weighted by molar-refractivity contribution is 5.83. The SMILES string of the molecule is NCc1cccc2c(CN3CCNCC3)coc12. The van der Waals surface area contributed by atoms with Crippen LogP contribution in [0.5, 0.6) is 0 Å². The van der Waals surface area contributed by atoms with E-state index >= 15 is 0 Å². The molecule has 0 saturated carbocycles. The van der Waals surface area contributed by atoms with Gasteiger partial charge in [-0.2, -0.15) is 0 Å². The van der Waals surface area contributed by atoms with E-state index in [1.54, 1.807) is 0 Å². The van der Waals surface area contributed by atoms with Gasteiger partial charge in [0.05, 0.1) is 6.26 Å². The Morgan fingerprint density at radius 1 is 1.22 bits per heavy atom. The summed E-state index contributed by atoms with van der Waals surface area (Å²) in [6.07, 6.45) is 1.88. The molecule has 0 unspecified atom stereocenters. The Morgan fingerprint density at radius 3 is 2.83 bits per heavy atom. The van der Waals surface area contributed by atoms with Crippen LogP contribution in [0.2, 0.25) is 0 Å². The fourth-order valence-electron chi connectivity index (χ4n) is 2.56. The second-order valence-electron chi connectivity index (χ2n) is 4.79. The van der Waals surface area contributed by atoms with E-state index in [1.165, 1.54) is 10.9 Å². The number of para-hydroxylation sites is 1. The van der Waals surface area contributed by atoms with Crippen LogP contribution in [0.4, 0.5) is 0 Å². The van der Waals surface area contributed by atoms with Gasteiger partial charge in [0.25, 0.3) is 0 Å². The molecule has 4 heteroatoms. The summed E-state index contributed by atoms with van der Waals surface area (Å²) in [5.41, 5.74) is 9.03. The number of fused-ring (bicyclic) bond motifs is 1. The molecule has 1 aliphatic heterocycles. The van der Waals surface area contributed by atoms with Gasteiger partial charge in [-0.05, 0) is 0 Å². The summed E-state index contributed by atoms with van der Waals surface area (Å²) in [6.45, 7) is 5.83. The van der Waals surface area contributed by atoms with E-state index in [9.17, 15) is 0 Å². The predicted molar refractivity (Wildman–Crippen MR) is 72.3 cm³/mol. The number of benzene rings is 1. The van der Waals surface area contributed by atoms with Gasteiger partial charge in [0.1, 0.15) is 5.58 Å². The zero-order valence-electron chi connectivity index (χ0n) is 10.5. The Kier molecular flexibility index (Phi) is 3.32. The van der Waals surface area contributed by atoms with E-state index in [2.05, 4.69) is 22.3 Å². The minimum atomic E-state index is 0.526. The van der Waals surface area contributed by atoms with Crippen molar-refractivity contribution in [3.8, 4) is 0 Å². The van der Waals surface area contributed by atoms with Crippen molar-refractivity contribution in [2.45, 2.75) is 13.1 Å². The van der Waals surface area contributed by atoms with Crippen LogP contribution in [0.15, 0.2) is 28.9 Å². The van der Waals surface area contributed by atoms with Gasteiger partial charge in [-0.15, -0.1) is 0 Å². The third kappa shape index (κ3) is 2.14. The van der Waals surface area contributed by atoms with Gasteiger partial charge in [0.2, 0.25) is 0 Å². The first-order valence-corrected chi connectivity index (χ1v) is 6.49. The predicted octanol–water partition coefficient (Wildman–Crippen LogP) is 1.30. The summed E-state index contributed by atoms with van der Waals surface area (Å²) in [7, 11) is 0. The monoisotopic (exact) mass is 245 g/mol. The van der Waals surface area contributed by atoms with Crippen molar-refractivity contribution in [2.75, 3.05) is 26.2 Å². The molecule has 0 radical (unpaired) electrons. The summed E-state index contributed by atoms with van der Waals surface area (Å²) < 4.78 is 5.69.